The zero-order chi connectivity index (χ0) is 15.1. The predicted molar refractivity (Wildman–Crippen MR) is 82.9 cm³/mol. The molecule has 0 fully saturated rings. The van der Waals surface area contributed by atoms with Crippen molar-refractivity contribution in [3.8, 4) is 0 Å². The molecule has 0 spiro atoms. The molecule has 1 rings (SSSR count). The van der Waals surface area contributed by atoms with Crippen LogP contribution in [0.2, 0.25) is 0 Å². The summed E-state index contributed by atoms with van der Waals surface area (Å²) in [6, 6.07) is 8.06. The largest absolute Gasteiger partial charge is 0.480 e. The molecule has 0 saturated heterocycles. The lowest BCUT2D eigenvalue weighted by atomic mass is 9.99. The third-order valence-corrected chi connectivity index (χ3v) is 3.45. The van der Waals surface area contributed by atoms with E-state index >= 15 is 0 Å². The van der Waals surface area contributed by atoms with Gasteiger partial charge in [-0.3, -0.25) is 10.1 Å². The maximum atomic E-state index is 11.2. The molecular weight excluding hydrogens is 250 g/mol. The highest BCUT2D eigenvalue weighted by atomic mass is 16.4. The molecule has 2 atom stereocenters. The molecule has 0 amide bonds. The Balaban J connectivity index is 2.66. The Hall–Kier alpha value is -1.35. The van der Waals surface area contributed by atoms with Crippen LogP contribution >= 0.6 is 0 Å². The van der Waals surface area contributed by atoms with Crippen molar-refractivity contribution in [3.05, 3.63) is 35.4 Å². The Morgan fingerprint density at radius 3 is 2.25 bits per heavy atom. The van der Waals surface area contributed by atoms with Crippen LogP contribution in [0.15, 0.2) is 24.3 Å². The number of hydrogen-bond donors (Lipinski definition) is 2. The monoisotopic (exact) mass is 277 g/mol. The highest BCUT2D eigenvalue weighted by Crippen LogP contribution is 2.17. The van der Waals surface area contributed by atoms with Gasteiger partial charge in [-0.05, 0) is 36.8 Å². The molecule has 0 radical (unpaired) electrons. The molecule has 112 valence electrons. The number of carbonyl (C=O) groups is 1. The highest BCUT2D eigenvalue weighted by Gasteiger charge is 2.19. The molecule has 3 heteroatoms. The van der Waals surface area contributed by atoms with Crippen LogP contribution in [0.1, 0.15) is 57.7 Å². The van der Waals surface area contributed by atoms with Crippen LogP contribution in [0.5, 0.6) is 0 Å². The molecule has 20 heavy (non-hydrogen) atoms. The Morgan fingerprint density at radius 2 is 1.80 bits per heavy atom. The van der Waals surface area contributed by atoms with E-state index in [1.807, 2.05) is 13.8 Å². The van der Waals surface area contributed by atoms with Gasteiger partial charge in [-0.25, -0.2) is 0 Å². The van der Waals surface area contributed by atoms with Crippen molar-refractivity contribution in [1.82, 2.24) is 5.32 Å². The van der Waals surface area contributed by atoms with E-state index < -0.39 is 12.0 Å². The lowest BCUT2D eigenvalue weighted by molar-refractivity contribution is -0.139. The Labute approximate surface area is 122 Å². The maximum absolute atomic E-state index is 11.2. The molecule has 0 aliphatic rings. The number of aliphatic carboxylic acids is 1. The van der Waals surface area contributed by atoms with Crippen molar-refractivity contribution in [2.45, 2.75) is 59.0 Å². The summed E-state index contributed by atoms with van der Waals surface area (Å²) in [5.74, 6) is -0.118. The zero-order valence-corrected chi connectivity index (χ0v) is 13.0. The molecule has 1 aromatic carbocycles. The smallest absolute Gasteiger partial charge is 0.320 e. The van der Waals surface area contributed by atoms with Crippen LogP contribution in [-0.2, 0) is 11.2 Å². The summed E-state index contributed by atoms with van der Waals surface area (Å²) in [5, 5.41) is 12.4. The van der Waals surface area contributed by atoms with E-state index in [-0.39, 0.29) is 6.04 Å². The lowest BCUT2D eigenvalue weighted by Crippen LogP contribution is -2.38. The topological polar surface area (TPSA) is 49.3 Å². The van der Waals surface area contributed by atoms with Crippen molar-refractivity contribution in [1.29, 1.82) is 0 Å². The van der Waals surface area contributed by atoms with Crippen LogP contribution in [0.3, 0.4) is 0 Å². The Bertz CT molecular complexity index is 412. The molecule has 2 N–H and O–H groups in total. The minimum Gasteiger partial charge on any atom is -0.480 e. The summed E-state index contributed by atoms with van der Waals surface area (Å²) < 4.78 is 0. The normalized spacial score (nSPS) is 14.2. The second kappa shape index (κ2) is 8.05. The van der Waals surface area contributed by atoms with Crippen molar-refractivity contribution in [2.24, 2.45) is 5.92 Å². The first-order valence-corrected chi connectivity index (χ1v) is 7.51. The summed E-state index contributed by atoms with van der Waals surface area (Å²) in [6.07, 6.45) is 2.60. The molecule has 0 saturated carbocycles. The van der Waals surface area contributed by atoms with Gasteiger partial charge >= 0.3 is 5.97 Å². The summed E-state index contributed by atoms with van der Waals surface area (Å²) in [5.41, 5.74) is 2.47. The number of hydrogen-bond acceptors (Lipinski definition) is 2. The average Bonchev–Trinajstić information content (AvgIpc) is 2.38. The molecule has 0 aliphatic heterocycles. The SMILES string of the molecule is CCCC(NC(C)c1ccc(CC(C)C)cc1)C(=O)O. The number of benzene rings is 1. The van der Waals surface area contributed by atoms with Gasteiger partial charge in [-0.2, -0.15) is 0 Å². The summed E-state index contributed by atoms with van der Waals surface area (Å²) in [7, 11) is 0. The van der Waals surface area contributed by atoms with E-state index in [2.05, 4.69) is 43.4 Å². The van der Waals surface area contributed by atoms with Gasteiger partial charge in [0.15, 0.2) is 0 Å². The van der Waals surface area contributed by atoms with E-state index in [0.717, 1.165) is 18.4 Å². The van der Waals surface area contributed by atoms with E-state index in [0.29, 0.717) is 12.3 Å². The van der Waals surface area contributed by atoms with Gasteiger partial charge in [0.2, 0.25) is 0 Å². The first-order valence-electron chi connectivity index (χ1n) is 7.51. The first kappa shape index (κ1) is 16.7. The second-order valence-electron chi connectivity index (χ2n) is 5.91. The number of carboxylic acids is 1. The Kier molecular flexibility index (Phi) is 6.73. The first-order chi connectivity index (χ1) is 9.43. The molecular formula is C17H27NO2. The molecule has 0 aromatic heterocycles. The third-order valence-electron chi connectivity index (χ3n) is 3.45. The molecule has 2 unspecified atom stereocenters. The molecule has 0 aliphatic carbocycles. The summed E-state index contributed by atoms with van der Waals surface area (Å²) >= 11 is 0. The van der Waals surface area contributed by atoms with E-state index in [1.54, 1.807) is 0 Å². The van der Waals surface area contributed by atoms with Gasteiger partial charge in [0.05, 0.1) is 0 Å². The fourth-order valence-electron chi connectivity index (χ4n) is 2.38. The van der Waals surface area contributed by atoms with Crippen molar-refractivity contribution >= 4 is 5.97 Å². The van der Waals surface area contributed by atoms with Crippen LogP contribution in [0, 0.1) is 5.92 Å². The fraction of sp³-hybridized carbons (Fsp3) is 0.588. The predicted octanol–water partition coefficient (Wildman–Crippen LogP) is 3.79. The highest BCUT2D eigenvalue weighted by molar-refractivity contribution is 5.73. The summed E-state index contributed by atoms with van der Waals surface area (Å²) in [6.45, 7) is 8.44. The molecule has 1 aromatic rings. The van der Waals surface area contributed by atoms with Crippen LogP contribution in [0.4, 0.5) is 0 Å². The van der Waals surface area contributed by atoms with Gasteiger partial charge in [0.25, 0.3) is 0 Å². The van der Waals surface area contributed by atoms with Crippen LogP contribution < -0.4 is 5.32 Å². The number of nitrogens with one attached hydrogen (secondary N) is 1. The second-order valence-corrected chi connectivity index (χ2v) is 5.91. The fourth-order valence-corrected chi connectivity index (χ4v) is 2.38. The maximum Gasteiger partial charge on any atom is 0.320 e. The number of rotatable bonds is 8. The van der Waals surface area contributed by atoms with Crippen molar-refractivity contribution in [2.75, 3.05) is 0 Å². The average molecular weight is 277 g/mol. The molecule has 3 nitrogen and oxygen atoms in total. The standard InChI is InChI=1S/C17H27NO2/c1-5-6-16(17(19)20)18-13(4)15-9-7-14(8-10-15)11-12(2)3/h7-10,12-13,16,18H,5-6,11H2,1-4H3,(H,19,20). The summed E-state index contributed by atoms with van der Waals surface area (Å²) in [4.78, 5) is 11.2. The van der Waals surface area contributed by atoms with Gasteiger partial charge in [-0.1, -0.05) is 51.5 Å². The van der Waals surface area contributed by atoms with Gasteiger partial charge in [0.1, 0.15) is 6.04 Å². The van der Waals surface area contributed by atoms with Gasteiger partial charge in [-0.15, -0.1) is 0 Å². The van der Waals surface area contributed by atoms with E-state index in [4.69, 9.17) is 0 Å². The minimum absolute atomic E-state index is 0.0516. The Morgan fingerprint density at radius 1 is 1.20 bits per heavy atom. The lowest BCUT2D eigenvalue weighted by Gasteiger charge is -2.20. The molecule has 0 bridgehead atoms. The van der Waals surface area contributed by atoms with Crippen molar-refractivity contribution in [3.63, 3.8) is 0 Å². The van der Waals surface area contributed by atoms with E-state index in [1.165, 1.54) is 5.56 Å². The van der Waals surface area contributed by atoms with Gasteiger partial charge in [0, 0.05) is 6.04 Å². The zero-order valence-electron chi connectivity index (χ0n) is 13.0. The van der Waals surface area contributed by atoms with Crippen LogP contribution in [0.25, 0.3) is 0 Å². The van der Waals surface area contributed by atoms with E-state index in [9.17, 15) is 9.90 Å². The minimum atomic E-state index is -0.768. The van der Waals surface area contributed by atoms with Gasteiger partial charge < -0.3 is 5.11 Å². The quantitative estimate of drug-likeness (QED) is 0.760. The molecule has 0 heterocycles. The third kappa shape index (κ3) is 5.33. The number of carboxylic acid groups (broad SMARTS) is 1. The van der Waals surface area contributed by atoms with Crippen molar-refractivity contribution < 1.29 is 9.90 Å². The van der Waals surface area contributed by atoms with Crippen LogP contribution in [-0.4, -0.2) is 17.1 Å².